The minimum absolute atomic E-state index is 0.0825. The van der Waals surface area contributed by atoms with Crippen LogP contribution in [0.5, 0.6) is 0 Å². The van der Waals surface area contributed by atoms with E-state index in [0.717, 1.165) is 18.8 Å². The van der Waals surface area contributed by atoms with Crippen LogP contribution >= 0.6 is 11.6 Å². The van der Waals surface area contributed by atoms with Gasteiger partial charge in [0.25, 0.3) is 6.43 Å². The van der Waals surface area contributed by atoms with E-state index in [2.05, 4.69) is 10.00 Å². The van der Waals surface area contributed by atoms with Crippen molar-refractivity contribution in [3.8, 4) is 11.1 Å². The van der Waals surface area contributed by atoms with Crippen LogP contribution in [0, 0.1) is 0 Å². The van der Waals surface area contributed by atoms with Gasteiger partial charge in [-0.05, 0) is 36.2 Å². The lowest BCUT2D eigenvalue weighted by Crippen LogP contribution is -2.36. The number of fused-ring (bicyclic) bond motifs is 1. The van der Waals surface area contributed by atoms with Gasteiger partial charge in [0.15, 0.2) is 0 Å². The van der Waals surface area contributed by atoms with Crippen molar-refractivity contribution in [2.24, 2.45) is 0 Å². The highest BCUT2D eigenvalue weighted by Crippen LogP contribution is 2.40. The number of alkyl halides is 2. The van der Waals surface area contributed by atoms with E-state index in [1.807, 2.05) is 24.3 Å². The average molecular weight is 450 g/mol. The van der Waals surface area contributed by atoms with E-state index in [9.17, 15) is 13.6 Å². The Labute approximate surface area is 183 Å². The molecule has 6 nitrogen and oxygen atoms in total. The molecule has 0 N–H and O–H groups in total. The molecule has 2 heterocycles. The summed E-state index contributed by atoms with van der Waals surface area (Å²) in [6, 6.07) is 8.97. The predicted octanol–water partition coefficient (Wildman–Crippen LogP) is 4.69. The SMILES string of the molecule is CCOC(=O)Cn1cc2c(Cl)cc(-c3ccc(N4CCOCC4)cc3)c(C(F)F)c2n1. The van der Waals surface area contributed by atoms with Crippen LogP contribution in [0.3, 0.4) is 0 Å². The second-order valence-electron chi connectivity index (χ2n) is 7.16. The zero-order valence-corrected chi connectivity index (χ0v) is 17.7. The molecule has 0 spiro atoms. The van der Waals surface area contributed by atoms with Gasteiger partial charge in [0.1, 0.15) is 12.1 Å². The predicted molar refractivity (Wildman–Crippen MR) is 115 cm³/mol. The number of hydrogen-bond donors (Lipinski definition) is 0. The monoisotopic (exact) mass is 449 g/mol. The number of nitrogens with zero attached hydrogens (tertiary/aromatic N) is 3. The molecule has 0 radical (unpaired) electrons. The smallest absolute Gasteiger partial charge is 0.327 e. The summed E-state index contributed by atoms with van der Waals surface area (Å²) in [4.78, 5) is 14.0. The van der Waals surface area contributed by atoms with Crippen molar-refractivity contribution in [2.45, 2.75) is 19.9 Å². The standard InChI is InChI=1S/C22H22ClF2N3O3/c1-2-31-19(29)13-28-12-17-18(23)11-16(20(22(24)25)21(17)26-28)14-3-5-15(6-4-14)27-7-9-30-10-8-27/h3-6,11-12,22H,2,7-10,13H2,1H3. The molecule has 1 aliphatic heterocycles. The molecule has 164 valence electrons. The molecule has 0 bridgehead atoms. The van der Waals surface area contributed by atoms with Crippen LogP contribution in [0.4, 0.5) is 14.5 Å². The topological polar surface area (TPSA) is 56.6 Å². The van der Waals surface area contributed by atoms with Crippen LogP contribution in [0.15, 0.2) is 36.5 Å². The third-order valence-corrected chi connectivity index (χ3v) is 5.52. The summed E-state index contributed by atoms with van der Waals surface area (Å²) < 4.78 is 39.8. The van der Waals surface area contributed by atoms with Crippen molar-refractivity contribution < 1.29 is 23.0 Å². The van der Waals surface area contributed by atoms with Gasteiger partial charge in [-0.25, -0.2) is 8.78 Å². The quantitative estimate of drug-likeness (QED) is 0.511. The lowest BCUT2D eigenvalue weighted by Gasteiger charge is -2.29. The molecule has 4 rings (SSSR count). The van der Waals surface area contributed by atoms with Gasteiger partial charge in [0.2, 0.25) is 0 Å². The Bertz CT molecular complexity index is 1080. The number of hydrogen-bond acceptors (Lipinski definition) is 5. The van der Waals surface area contributed by atoms with Gasteiger partial charge >= 0.3 is 5.97 Å². The Morgan fingerprint density at radius 2 is 1.97 bits per heavy atom. The lowest BCUT2D eigenvalue weighted by molar-refractivity contribution is -0.144. The first-order chi connectivity index (χ1) is 15.0. The number of benzene rings is 2. The lowest BCUT2D eigenvalue weighted by atomic mass is 9.97. The molecule has 1 fully saturated rings. The van der Waals surface area contributed by atoms with Crippen LogP contribution in [0.1, 0.15) is 18.9 Å². The maximum absolute atomic E-state index is 14.1. The maximum Gasteiger partial charge on any atom is 0.327 e. The molecule has 0 unspecified atom stereocenters. The largest absolute Gasteiger partial charge is 0.465 e. The number of anilines is 1. The zero-order valence-electron chi connectivity index (χ0n) is 17.0. The molecule has 2 aromatic carbocycles. The molecule has 1 aromatic heterocycles. The second kappa shape index (κ2) is 9.20. The van der Waals surface area contributed by atoms with Crippen molar-refractivity contribution in [1.29, 1.82) is 0 Å². The van der Waals surface area contributed by atoms with Crippen molar-refractivity contribution in [1.82, 2.24) is 9.78 Å². The van der Waals surface area contributed by atoms with Crippen LogP contribution < -0.4 is 4.90 Å². The molecule has 1 saturated heterocycles. The number of carbonyl (C=O) groups excluding carboxylic acids is 1. The van der Waals surface area contributed by atoms with Gasteiger partial charge < -0.3 is 14.4 Å². The molecule has 0 saturated carbocycles. The van der Waals surface area contributed by atoms with Gasteiger partial charge in [0.05, 0.1) is 30.4 Å². The fourth-order valence-corrected chi connectivity index (χ4v) is 4.01. The van der Waals surface area contributed by atoms with Gasteiger partial charge in [-0.1, -0.05) is 23.7 Å². The summed E-state index contributed by atoms with van der Waals surface area (Å²) in [6.45, 7) is 4.66. The third kappa shape index (κ3) is 4.50. The first-order valence-corrected chi connectivity index (χ1v) is 10.4. The summed E-state index contributed by atoms with van der Waals surface area (Å²) in [6.07, 6.45) is -1.27. The molecule has 1 aliphatic rings. The molecule has 31 heavy (non-hydrogen) atoms. The van der Waals surface area contributed by atoms with Crippen LogP contribution in [-0.2, 0) is 20.8 Å². The summed E-state index contributed by atoms with van der Waals surface area (Å²) in [5.74, 6) is -0.496. The fraction of sp³-hybridized carbons (Fsp3) is 0.364. The average Bonchev–Trinajstić information content (AvgIpc) is 3.18. The van der Waals surface area contributed by atoms with E-state index in [4.69, 9.17) is 21.1 Å². The Balaban J connectivity index is 1.73. The maximum atomic E-state index is 14.1. The number of ether oxygens (including phenoxy) is 2. The van der Waals surface area contributed by atoms with Gasteiger partial charge in [-0.3, -0.25) is 9.48 Å². The Hall–Kier alpha value is -2.71. The number of carbonyl (C=O) groups is 1. The van der Waals surface area contributed by atoms with Crippen LogP contribution in [-0.4, -0.2) is 48.7 Å². The molecular weight excluding hydrogens is 428 g/mol. The van der Waals surface area contributed by atoms with E-state index in [0.29, 0.717) is 34.7 Å². The van der Waals surface area contributed by atoms with E-state index in [1.165, 1.54) is 16.9 Å². The first-order valence-electron chi connectivity index (χ1n) is 10.0. The van der Waals surface area contributed by atoms with E-state index in [1.54, 1.807) is 6.92 Å². The molecular formula is C22H22ClF2N3O3. The van der Waals surface area contributed by atoms with Crippen molar-refractivity contribution in [2.75, 3.05) is 37.8 Å². The summed E-state index contributed by atoms with van der Waals surface area (Å²) in [7, 11) is 0. The van der Waals surface area contributed by atoms with E-state index in [-0.39, 0.29) is 24.2 Å². The Morgan fingerprint density at radius 1 is 1.26 bits per heavy atom. The summed E-state index contributed by atoms with van der Waals surface area (Å²) in [5.41, 5.74) is 1.83. The van der Waals surface area contributed by atoms with E-state index >= 15 is 0 Å². The summed E-state index contributed by atoms with van der Waals surface area (Å²) in [5, 5.41) is 4.89. The van der Waals surface area contributed by atoms with Gasteiger partial charge in [0, 0.05) is 30.4 Å². The summed E-state index contributed by atoms with van der Waals surface area (Å²) >= 11 is 6.42. The minimum atomic E-state index is -2.76. The fourth-order valence-electron chi connectivity index (χ4n) is 3.76. The van der Waals surface area contributed by atoms with Crippen LogP contribution in [0.2, 0.25) is 5.02 Å². The molecule has 9 heteroatoms. The molecule has 0 amide bonds. The highest BCUT2D eigenvalue weighted by atomic mass is 35.5. The highest BCUT2D eigenvalue weighted by Gasteiger charge is 2.23. The third-order valence-electron chi connectivity index (χ3n) is 5.20. The number of aromatic nitrogens is 2. The first kappa shape index (κ1) is 21.5. The number of morpholine rings is 1. The van der Waals surface area contributed by atoms with Gasteiger partial charge in [-0.2, -0.15) is 5.10 Å². The normalized spacial score (nSPS) is 14.4. The number of halogens is 3. The molecule has 0 aliphatic carbocycles. The molecule has 3 aromatic rings. The Kier molecular flexibility index (Phi) is 6.38. The van der Waals surface area contributed by atoms with Crippen molar-refractivity contribution >= 4 is 34.2 Å². The molecule has 0 atom stereocenters. The van der Waals surface area contributed by atoms with Crippen molar-refractivity contribution in [3.63, 3.8) is 0 Å². The van der Waals surface area contributed by atoms with Crippen LogP contribution in [0.25, 0.3) is 22.0 Å². The second-order valence-corrected chi connectivity index (χ2v) is 7.57. The zero-order chi connectivity index (χ0) is 22.0. The van der Waals surface area contributed by atoms with Crippen molar-refractivity contribution in [3.05, 3.63) is 47.1 Å². The Morgan fingerprint density at radius 3 is 2.61 bits per heavy atom. The number of esters is 1. The van der Waals surface area contributed by atoms with Gasteiger partial charge in [-0.15, -0.1) is 0 Å². The van der Waals surface area contributed by atoms with E-state index < -0.39 is 12.4 Å². The minimum Gasteiger partial charge on any atom is -0.465 e. The number of rotatable bonds is 6. The highest BCUT2D eigenvalue weighted by molar-refractivity contribution is 6.36.